The van der Waals surface area contributed by atoms with Crippen molar-refractivity contribution in [2.75, 3.05) is 0 Å². The zero-order valence-corrected chi connectivity index (χ0v) is 17.1. The molecule has 4 aliphatic rings. The highest BCUT2D eigenvalue weighted by molar-refractivity contribution is 5.69. The standard InChI is InChI=1S/C21H31N5O2/c1-13(23-21-9-14-6-15(10-21)8-16(7-14)11-21)4-5-26-12-22-18-17(26)19(27)25(3)20(28)24(18)2/h12-16,23H,4-11H2,1-3H3. The zero-order chi connectivity index (χ0) is 19.6. The molecule has 28 heavy (non-hydrogen) atoms. The van der Waals surface area contributed by atoms with Crippen LogP contribution < -0.4 is 16.6 Å². The lowest BCUT2D eigenvalue weighted by Crippen LogP contribution is -2.60. The lowest BCUT2D eigenvalue weighted by atomic mass is 9.53. The fourth-order valence-electron chi connectivity index (χ4n) is 6.78. The highest BCUT2D eigenvalue weighted by atomic mass is 16.2. The molecule has 0 saturated heterocycles. The Hall–Kier alpha value is -1.89. The van der Waals surface area contributed by atoms with Crippen LogP contribution in [0.3, 0.4) is 0 Å². The number of aryl methyl sites for hydroxylation is 2. The van der Waals surface area contributed by atoms with Crippen LogP contribution in [-0.2, 0) is 20.6 Å². The first-order valence-corrected chi connectivity index (χ1v) is 10.7. The first kappa shape index (κ1) is 18.2. The first-order chi connectivity index (χ1) is 13.3. The van der Waals surface area contributed by atoms with Gasteiger partial charge in [-0.1, -0.05) is 0 Å². The third-order valence-electron chi connectivity index (χ3n) is 7.61. The topological polar surface area (TPSA) is 73.8 Å². The predicted octanol–water partition coefficient (Wildman–Crippen LogP) is 1.77. The predicted molar refractivity (Wildman–Crippen MR) is 108 cm³/mol. The van der Waals surface area contributed by atoms with E-state index in [-0.39, 0.29) is 11.2 Å². The first-order valence-electron chi connectivity index (χ1n) is 10.7. The van der Waals surface area contributed by atoms with E-state index in [0.717, 1.165) is 35.3 Å². The van der Waals surface area contributed by atoms with E-state index in [9.17, 15) is 9.59 Å². The third kappa shape index (κ3) is 2.78. The zero-order valence-electron chi connectivity index (χ0n) is 17.1. The fourth-order valence-corrected chi connectivity index (χ4v) is 6.78. The van der Waals surface area contributed by atoms with Gasteiger partial charge in [0.1, 0.15) is 0 Å². The van der Waals surface area contributed by atoms with Gasteiger partial charge in [0.05, 0.1) is 6.33 Å². The molecule has 2 aromatic rings. The average molecular weight is 386 g/mol. The lowest BCUT2D eigenvalue weighted by molar-refractivity contribution is -0.0248. The summed E-state index contributed by atoms with van der Waals surface area (Å²) in [5.41, 5.74) is 0.740. The molecule has 4 fully saturated rings. The molecule has 2 aromatic heterocycles. The Kier molecular flexibility index (Phi) is 4.09. The van der Waals surface area contributed by atoms with Gasteiger partial charge in [-0.25, -0.2) is 9.78 Å². The molecule has 0 aliphatic heterocycles. The highest BCUT2D eigenvalue weighted by Gasteiger charge is 2.50. The van der Waals surface area contributed by atoms with Gasteiger partial charge in [-0.3, -0.25) is 13.9 Å². The Labute approximate surface area is 164 Å². The number of aromatic nitrogens is 4. The second-order valence-corrected chi connectivity index (χ2v) is 9.85. The maximum absolute atomic E-state index is 12.6. The second-order valence-electron chi connectivity index (χ2n) is 9.85. The van der Waals surface area contributed by atoms with Gasteiger partial charge in [0.15, 0.2) is 11.2 Å². The van der Waals surface area contributed by atoms with E-state index in [1.165, 1.54) is 50.1 Å². The number of nitrogens with zero attached hydrogens (tertiary/aromatic N) is 4. The van der Waals surface area contributed by atoms with Gasteiger partial charge in [0.25, 0.3) is 5.56 Å². The molecule has 4 saturated carbocycles. The molecule has 0 spiro atoms. The normalized spacial score (nSPS) is 32.3. The summed E-state index contributed by atoms with van der Waals surface area (Å²) in [4.78, 5) is 29.0. The molecule has 1 N–H and O–H groups in total. The van der Waals surface area contributed by atoms with Crippen LogP contribution in [-0.4, -0.2) is 30.3 Å². The van der Waals surface area contributed by atoms with Gasteiger partial charge in [-0.2, -0.15) is 0 Å². The van der Waals surface area contributed by atoms with Crippen molar-refractivity contribution in [3.05, 3.63) is 27.2 Å². The van der Waals surface area contributed by atoms with E-state index < -0.39 is 0 Å². The summed E-state index contributed by atoms with van der Waals surface area (Å²) in [6.07, 6.45) is 11.1. The van der Waals surface area contributed by atoms with Gasteiger partial charge in [0.2, 0.25) is 0 Å². The summed E-state index contributed by atoms with van der Waals surface area (Å²) >= 11 is 0. The van der Waals surface area contributed by atoms with Crippen LogP contribution in [0.1, 0.15) is 51.9 Å². The molecule has 0 radical (unpaired) electrons. The van der Waals surface area contributed by atoms with Crippen molar-refractivity contribution in [1.29, 1.82) is 0 Å². The summed E-state index contributed by atoms with van der Waals surface area (Å²) in [6.45, 7) is 3.00. The Balaban J connectivity index is 1.32. The summed E-state index contributed by atoms with van der Waals surface area (Å²) < 4.78 is 4.52. The van der Waals surface area contributed by atoms with Crippen LogP contribution in [0.2, 0.25) is 0 Å². The van der Waals surface area contributed by atoms with Gasteiger partial charge in [-0.15, -0.1) is 0 Å². The van der Waals surface area contributed by atoms with Crippen molar-refractivity contribution in [2.45, 2.75) is 70.0 Å². The SMILES string of the molecule is CC(CCn1cnc2c1c(=O)n(C)c(=O)n2C)NC12CC3CC(CC(C3)C1)C2. The van der Waals surface area contributed by atoms with E-state index in [1.54, 1.807) is 13.4 Å². The molecule has 4 aliphatic carbocycles. The largest absolute Gasteiger partial charge is 0.332 e. The van der Waals surface area contributed by atoms with Crippen molar-refractivity contribution >= 4 is 11.2 Å². The molecule has 0 amide bonds. The summed E-state index contributed by atoms with van der Waals surface area (Å²) in [7, 11) is 3.19. The van der Waals surface area contributed by atoms with Crippen LogP contribution >= 0.6 is 0 Å². The number of imidazole rings is 1. The monoisotopic (exact) mass is 385 g/mol. The highest BCUT2D eigenvalue weighted by Crippen LogP contribution is 2.55. The van der Waals surface area contributed by atoms with Crippen LogP contribution in [0.5, 0.6) is 0 Å². The lowest BCUT2D eigenvalue weighted by Gasteiger charge is -2.58. The van der Waals surface area contributed by atoms with Crippen LogP contribution in [0.25, 0.3) is 11.2 Å². The Morgan fingerprint density at radius 2 is 1.71 bits per heavy atom. The minimum atomic E-state index is -0.334. The minimum Gasteiger partial charge on any atom is -0.325 e. The number of nitrogens with one attached hydrogen (secondary N) is 1. The molecule has 7 nitrogen and oxygen atoms in total. The molecule has 7 heteroatoms. The van der Waals surface area contributed by atoms with Gasteiger partial charge < -0.3 is 9.88 Å². The second kappa shape index (κ2) is 6.31. The van der Waals surface area contributed by atoms with Gasteiger partial charge >= 0.3 is 5.69 Å². The third-order valence-corrected chi connectivity index (χ3v) is 7.61. The molecule has 0 aromatic carbocycles. The fraction of sp³-hybridized carbons (Fsp3) is 0.762. The smallest absolute Gasteiger partial charge is 0.325 e. The molecular formula is C21H31N5O2. The van der Waals surface area contributed by atoms with Crippen molar-refractivity contribution < 1.29 is 0 Å². The Bertz CT molecular complexity index is 995. The van der Waals surface area contributed by atoms with Crippen molar-refractivity contribution in [3.8, 4) is 0 Å². The minimum absolute atomic E-state index is 0.266. The summed E-state index contributed by atoms with van der Waals surface area (Å²) in [5.74, 6) is 2.81. The van der Waals surface area contributed by atoms with E-state index in [2.05, 4.69) is 17.2 Å². The van der Waals surface area contributed by atoms with Gasteiger partial charge in [-0.05, 0) is 69.6 Å². The number of rotatable bonds is 5. The van der Waals surface area contributed by atoms with Crippen LogP contribution in [0, 0.1) is 17.8 Å². The molecule has 1 atom stereocenters. The van der Waals surface area contributed by atoms with Crippen molar-refractivity contribution in [2.24, 2.45) is 31.8 Å². The summed E-state index contributed by atoms with van der Waals surface area (Å²) in [6, 6.07) is 0.394. The maximum atomic E-state index is 12.6. The molecular weight excluding hydrogens is 354 g/mol. The number of hydrogen-bond acceptors (Lipinski definition) is 4. The quantitative estimate of drug-likeness (QED) is 0.851. The average Bonchev–Trinajstić information content (AvgIpc) is 3.05. The number of fused-ring (bicyclic) bond motifs is 1. The van der Waals surface area contributed by atoms with Crippen LogP contribution in [0.4, 0.5) is 0 Å². The Morgan fingerprint density at radius 1 is 1.11 bits per heavy atom. The van der Waals surface area contributed by atoms with Crippen LogP contribution in [0.15, 0.2) is 15.9 Å². The molecule has 2 heterocycles. The summed E-state index contributed by atoms with van der Waals surface area (Å²) in [5, 5.41) is 4.01. The number of hydrogen-bond donors (Lipinski definition) is 1. The van der Waals surface area contributed by atoms with E-state index >= 15 is 0 Å². The van der Waals surface area contributed by atoms with Crippen molar-refractivity contribution in [1.82, 2.24) is 24.0 Å². The molecule has 6 rings (SSSR count). The molecule has 152 valence electrons. The Morgan fingerprint density at radius 3 is 2.32 bits per heavy atom. The van der Waals surface area contributed by atoms with Crippen molar-refractivity contribution in [3.63, 3.8) is 0 Å². The van der Waals surface area contributed by atoms with E-state index in [1.807, 2.05) is 4.57 Å². The van der Waals surface area contributed by atoms with E-state index in [0.29, 0.717) is 22.7 Å². The molecule has 4 bridgehead atoms. The molecule has 1 unspecified atom stereocenters. The van der Waals surface area contributed by atoms with Gasteiger partial charge in [0, 0.05) is 32.2 Å². The van der Waals surface area contributed by atoms with E-state index in [4.69, 9.17) is 0 Å². The maximum Gasteiger partial charge on any atom is 0.332 e.